The average Bonchev–Trinajstić information content (AvgIpc) is 2.15. The Balaban J connectivity index is 2.65. The van der Waals surface area contributed by atoms with Gasteiger partial charge in [-0.25, -0.2) is 0 Å². The normalized spacial score (nSPS) is 9.93. The van der Waals surface area contributed by atoms with Gasteiger partial charge in [-0.1, -0.05) is 18.2 Å². The van der Waals surface area contributed by atoms with Crippen LogP contribution < -0.4 is 5.06 Å². The Hall–Kier alpha value is -1.35. The third kappa shape index (κ3) is 2.85. The van der Waals surface area contributed by atoms with E-state index in [0.29, 0.717) is 13.0 Å². The molecule has 0 saturated heterocycles. The van der Waals surface area contributed by atoms with Gasteiger partial charge >= 0.3 is 0 Å². The molecule has 14 heavy (non-hydrogen) atoms. The first-order valence-electron chi connectivity index (χ1n) is 4.62. The molecule has 0 heterocycles. The molecule has 0 amide bonds. The number of rotatable bonds is 4. The zero-order valence-electron chi connectivity index (χ0n) is 8.53. The SMILES string of the molecule is CC(=O)CCN(O)c1ccccc1C. The summed E-state index contributed by atoms with van der Waals surface area (Å²) in [4.78, 5) is 10.7. The first-order chi connectivity index (χ1) is 6.61. The van der Waals surface area contributed by atoms with Crippen LogP contribution in [-0.4, -0.2) is 17.5 Å². The number of nitrogens with zero attached hydrogens (tertiary/aromatic N) is 1. The van der Waals surface area contributed by atoms with Crippen LogP contribution in [0.5, 0.6) is 0 Å². The number of para-hydroxylation sites is 1. The maximum Gasteiger partial charge on any atom is 0.131 e. The Kier molecular flexibility index (Phi) is 3.65. The van der Waals surface area contributed by atoms with Crippen LogP contribution in [-0.2, 0) is 4.79 Å². The summed E-state index contributed by atoms with van der Waals surface area (Å²) in [5.74, 6) is 0.0811. The molecule has 0 bridgehead atoms. The zero-order chi connectivity index (χ0) is 10.6. The van der Waals surface area contributed by atoms with Gasteiger partial charge in [-0.15, -0.1) is 0 Å². The molecule has 0 radical (unpaired) electrons. The molecule has 0 aliphatic rings. The van der Waals surface area contributed by atoms with Crippen molar-refractivity contribution >= 4 is 11.5 Å². The highest BCUT2D eigenvalue weighted by molar-refractivity contribution is 5.76. The van der Waals surface area contributed by atoms with E-state index in [9.17, 15) is 10.0 Å². The molecule has 0 aromatic heterocycles. The van der Waals surface area contributed by atoms with E-state index in [1.54, 1.807) is 0 Å². The summed E-state index contributed by atoms with van der Waals surface area (Å²) in [5.41, 5.74) is 1.76. The lowest BCUT2D eigenvalue weighted by Crippen LogP contribution is -2.21. The number of hydrogen-bond donors (Lipinski definition) is 1. The molecule has 0 unspecified atom stereocenters. The van der Waals surface area contributed by atoms with Gasteiger partial charge in [-0.05, 0) is 25.5 Å². The van der Waals surface area contributed by atoms with E-state index in [1.165, 1.54) is 6.92 Å². The topological polar surface area (TPSA) is 40.5 Å². The van der Waals surface area contributed by atoms with Crippen LogP contribution in [0.1, 0.15) is 18.9 Å². The fourth-order valence-corrected chi connectivity index (χ4v) is 1.24. The van der Waals surface area contributed by atoms with E-state index >= 15 is 0 Å². The van der Waals surface area contributed by atoms with E-state index in [-0.39, 0.29) is 5.78 Å². The second-order valence-electron chi connectivity index (χ2n) is 3.36. The molecule has 0 atom stereocenters. The van der Waals surface area contributed by atoms with Crippen molar-refractivity contribution in [3.05, 3.63) is 29.8 Å². The molecular formula is C11H15NO2. The molecule has 0 spiro atoms. The van der Waals surface area contributed by atoms with Crippen LogP contribution in [0.3, 0.4) is 0 Å². The summed E-state index contributed by atoms with van der Waals surface area (Å²) < 4.78 is 0. The Labute approximate surface area is 83.9 Å². The van der Waals surface area contributed by atoms with E-state index in [2.05, 4.69) is 0 Å². The molecule has 1 rings (SSSR count). The molecule has 3 heteroatoms. The lowest BCUT2D eigenvalue weighted by Gasteiger charge is -2.18. The van der Waals surface area contributed by atoms with E-state index < -0.39 is 0 Å². The van der Waals surface area contributed by atoms with Crippen LogP contribution in [0.4, 0.5) is 5.69 Å². The van der Waals surface area contributed by atoms with Crippen LogP contribution in [0.25, 0.3) is 0 Å². The molecule has 1 aromatic carbocycles. The molecule has 0 fully saturated rings. The van der Waals surface area contributed by atoms with Crippen molar-refractivity contribution in [2.45, 2.75) is 20.3 Å². The van der Waals surface area contributed by atoms with Crippen molar-refractivity contribution in [2.75, 3.05) is 11.6 Å². The second-order valence-corrected chi connectivity index (χ2v) is 3.36. The van der Waals surface area contributed by atoms with Gasteiger partial charge < -0.3 is 0 Å². The molecule has 3 nitrogen and oxygen atoms in total. The van der Waals surface area contributed by atoms with Crippen molar-refractivity contribution in [2.24, 2.45) is 0 Å². The molecule has 1 N–H and O–H groups in total. The fourth-order valence-electron chi connectivity index (χ4n) is 1.24. The maximum absolute atomic E-state index is 10.7. The van der Waals surface area contributed by atoms with Crippen molar-refractivity contribution in [3.63, 3.8) is 0 Å². The smallest absolute Gasteiger partial charge is 0.131 e. The summed E-state index contributed by atoms with van der Waals surface area (Å²) in [6, 6.07) is 7.53. The molecule has 1 aromatic rings. The first kappa shape index (κ1) is 10.7. The quantitative estimate of drug-likeness (QED) is 0.745. The van der Waals surface area contributed by atoms with Gasteiger partial charge in [0.15, 0.2) is 0 Å². The van der Waals surface area contributed by atoms with E-state index in [0.717, 1.165) is 16.3 Å². The Morgan fingerprint density at radius 2 is 2.07 bits per heavy atom. The average molecular weight is 193 g/mol. The van der Waals surface area contributed by atoms with Crippen molar-refractivity contribution in [3.8, 4) is 0 Å². The number of benzene rings is 1. The molecule has 0 saturated carbocycles. The van der Waals surface area contributed by atoms with Crippen LogP contribution in [0.15, 0.2) is 24.3 Å². The van der Waals surface area contributed by atoms with E-state index in [4.69, 9.17) is 0 Å². The lowest BCUT2D eigenvalue weighted by molar-refractivity contribution is -0.117. The lowest BCUT2D eigenvalue weighted by atomic mass is 10.2. The highest BCUT2D eigenvalue weighted by atomic mass is 16.5. The van der Waals surface area contributed by atoms with E-state index in [1.807, 2.05) is 31.2 Å². The van der Waals surface area contributed by atoms with Gasteiger partial charge in [0.1, 0.15) is 5.78 Å². The number of hydrogen-bond acceptors (Lipinski definition) is 3. The van der Waals surface area contributed by atoms with Crippen LogP contribution in [0.2, 0.25) is 0 Å². The second kappa shape index (κ2) is 4.77. The molecule has 0 aliphatic carbocycles. The standard InChI is InChI=1S/C11H15NO2/c1-9-5-3-4-6-11(9)12(14)8-7-10(2)13/h3-6,14H,7-8H2,1-2H3. The minimum Gasteiger partial charge on any atom is -0.300 e. The number of carbonyl (C=O) groups excluding carboxylic acids is 1. The summed E-state index contributed by atoms with van der Waals surface area (Å²) in [6.45, 7) is 3.79. The minimum absolute atomic E-state index is 0.0811. The van der Waals surface area contributed by atoms with Gasteiger partial charge in [-0.2, -0.15) is 0 Å². The van der Waals surface area contributed by atoms with Crippen molar-refractivity contribution in [1.82, 2.24) is 0 Å². The first-order valence-corrected chi connectivity index (χ1v) is 4.62. The van der Waals surface area contributed by atoms with Crippen molar-refractivity contribution in [1.29, 1.82) is 0 Å². The van der Waals surface area contributed by atoms with Gasteiger partial charge in [0, 0.05) is 6.42 Å². The summed E-state index contributed by atoms with van der Waals surface area (Å²) in [6.07, 6.45) is 0.366. The highest BCUT2D eigenvalue weighted by Gasteiger charge is 2.05. The number of aryl methyl sites for hydroxylation is 1. The Bertz CT molecular complexity index is 323. The summed E-state index contributed by atoms with van der Waals surface area (Å²) in [5, 5.41) is 10.8. The minimum atomic E-state index is 0.0811. The zero-order valence-corrected chi connectivity index (χ0v) is 8.53. The molecule has 76 valence electrons. The van der Waals surface area contributed by atoms with Crippen LogP contribution in [0, 0.1) is 6.92 Å². The number of hydroxylamine groups is 1. The number of Topliss-reactive ketones (excluding diaryl/α,β-unsaturated/α-hetero) is 1. The number of carbonyl (C=O) groups is 1. The monoisotopic (exact) mass is 193 g/mol. The fraction of sp³-hybridized carbons (Fsp3) is 0.364. The van der Waals surface area contributed by atoms with Crippen LogP contribution >= 0.6 is 0 Å². The van der Waals surface area contributed by atoms with Gasteiger partial charge in [0.05, 0.1) is 12.2 Å². The maximum atomic E-state index is 10.7. The predicted molar refractivity (Wildman–Crippen MR) is 55.6 cm³/mol. The number of anilines is 1. The predicted octanol–water partition coefficient (Wildman–Crippen LogP) is 2.17. The third-order valence-electron chi connectivity index (χ3n) is 2.07. The Morgan fingerprint density at radius 1 is 1.43 bits per heavy atom. The highest BCUT2D eigenvalue weighted by Crippen LogP contribution is 2.17. The van der Waals surface area contributed by atoms with Gasteiger partial charge in [-0.3, -0.25) is 15.1 Å². The van der Waals surface area contributed by atoms with Crippen molar-refractivity contribution < 1.29 is 10.0 Å². The van der Waals surface area contributed by atoms with Gasteiger partial charge in [0.25, 0.3) is 0 Å². The Morgan fingerprint density at radius 3 is 2.64 bits per heavy atom. The third-order valence-corrected chi connectivity index (χ3v) is 2.07. The molecule has 0 aliphatic heterocycles. The largest absolute Gasteiger partial charge is 0.300 e. The van der Waals surface area contributed by atoms with Gasteiger partial charge in [0.2, 0.25) is 0 Å². The molecular weight excluding hydrogens is 178 g/mol. The summed E-state index contributed by atoms with van der Waals surface area (Å²) in [7, 11) is 0. The summed E-state index contributed by atoms with van der Waals surface area (Å²) >= 11 is 0. The number of ketones is 1.